The van der Waals surface area contributed by atoms with Crippen molar-refractivity contribution in [1.29, 1.82) is 0 Å². The molecule has 4 N–H and O–H groups in total. The van der Waals surface area contributed by atoms with Crippen LogP contribution in [-0.2, 0) is 25.7 Å². The summed E-state index contributed by atoms with van der Waals surface area (Å²) in [7, 11) is -8.21. The normalized spacial score (nSPS) is 12.9. The second-order valence-corrected chi connectivity index (χ2v) is 11.6. The molecule has 0 saturated carbocycles. The third-order valence-corrected chi connectivity index (χ3v) is 6.62. The Morgan fingerprint density at radius 1 is 1.11 bits per heavy atom. The number of nitrogens with zero attached hydrogens (tertiary/aromatic N) is 5. The molecule has 190 valence electrons. The maximum atomic E-state index is 11.6. The van der Waals surface area contributed by atoms with Gasteiger partial charge in [-0.15, -0.1) is 0 Å². The quantitative estimate of drug-likeness (QED) is 0.174. The van der Waals surface area contributed by atoms with Crippen LogP contribution in [-0.4, -0.2) is 58.8 Å². The maximum absolute atomic E-state index is 11.6. The summed E-state index contributed by atoms with van der Waals surface area (Å²) in [5, 5.41) is 7.91. The van der Waals surface area contributed by atoms with Crippen LogP contribution in [0.15, 0.2) is 60.9 Å². The van der Waals surface area contributed by atoms with Crippen LogP contribution < -0.4 is 14.1 Å². The molecule has 0 aliphatic carbocycles. The molecule has 1 unspecified atom stereocenters. The van der Waals surface area contributed by atoms with Gasteiger partial charge < -0.3 is 9.84 Å². The number of benzene rings is 2. The Morgan fingerprint density at radius 2 is 1.78 bits per heavy atom. The van der Waals surface area contributed by atoms with Crippen LogP contribution in [0.25, 0.3) is 16.7 Å². The number of anilines is 3. The van der Waals surface area contributed by atoms with Crippen molar-refractivity contribution >= 4 is 57.3 Å². The Morgan fingerprint density at radius 3 is 2.36 bits per heavy atom. The lowest BCUT2D eigenvalue weighted by molar-refractivity contribution is 0.283. The number of phosphoric ester groups is 1. The summed E-state index contributed by atoms with van der Waals surface area (Å²) in [6.45, 7) is 0. The van der Waals surface area contributed by atoms with Crippen LogP contribution >= 0.6 is 7.82 Å². The third-order valence-electron chi connectivity index (χ3n) is 4.57. The van der Waals surface area contributed by atoms with Gasteiger partial charge in [-0.1, -0.05) is 0 Å². The van der Waals surface area contributed by atoms with E-state index < -0.39 is 34.8 Å². The molecule has 4 aromatic rings. The summed E-state index contributed by atoms with van der Waals surface area (Å²) in [5.41, 5.74) is 1.77. The summed E-state index contributed by atoms with van der Waals surface area (Å²) in [6.07, 6.45) is 4.07. The Labute approximate surface area is 207 Å². The van der Waals surface area contributed by atoms with E-state index in [1.165, 1.54) is 28.9 Å². The lowest BCUT2D eigenvalue weighted by Gasteiger charge is -2.19. The van der Waals surface area contributed by atoms with Gasteiger partial charge in [-0.05, 0) is 48.5 Å². The van der Waals surface area contributed by atoms with Gasteiger partial charge in [-0.25, -0.2) is 26.9 Å². The van der Waals surface area contributed by atoms with Gasteiger partial charge in [-0.3, -0.25) is 18.6 Å². The highest BCUT2D eigenvalue weighted by molar-refractivity contribution is 7.92. The summed E-state index contributed by atoms with van der Waals surface area (Å²) in [5.74, 6) is -0.416. The van der Waals surface area contributed by atoms with Gasteiger partial charge in [0.2, 0.25) is 5.95 Å². The molecule has 0 amide bonds. The molecule has 36 heavy (non-hydrogen) atoms. The Balaban J connectivity index is 1.56. The number of rotatable bonds is 9. The molecule has 0 spiro atoms. The van der Waals surface area contributed by atoms with Crippen molar-refractivity contribution < 1.29 is 36.1 Å². The number of hydrogen-bond acceptors (Lipinski definition) is 9. The molecule has 0 aliphatic rings. The third kappa shape index (κ3) is 6.42. The van der Waals surface area contributed by atoms with E-state index in [4.69, 9.17) is 9.79 Å². The van der Waals surface area contributed by atoms with Crippen LogP contribution in [0.1, 0.15) is 0 Å². The lowest BCUT2D eigenvalue weighted by Crippen LogP contribution is -2.30. The minimum absolute atomic E-state index is 0.0101. The molecule has 0 bridgehead atoms. The van der Waals surface area contributed by atoms with Crippen molar-refractivity contribution in [2.24, 2.45) is 0 Å². The average Bonchev–Trinajstić information content (AvgIpc) is 3.20. The van der Waals surface area contributed by atoms with Crippen LogP contribution in [0.4, 0.5) is 17.3 Å². The molecule has 1 atom stereocenters. The molecule has 17 heteroatoms. The zero-order valence-corrected chi connectivity index (χ0v) is 20.9. The molecular weight excluding hydrogens is 535 g/mol. The molecule has 4 rings (SSSR count). The summed E-state index contributed by atoms with van der Waals surface area (Å²) in [6, 6.07) is 12.0. The summed E-state index contributed by atoms with van der Waals surface area (Å²) >= 11 is -2.53. The standard InChI is InChI=1S/C19H19N6O8PS2/c1-36(31,32)12-24(35(29)30)15-4-2-14(3-5-15)22-19-20-10-13-11-21-25(18(13)23-19)16-6-8-17(9-7-16)33-34(26,27)28/h2-11H,12H2,1H3,(H,29,30)(H,20,22,23)(H2,26,27,28). The number of phosphoric acid groups is 1. The molecule has 2 aromatic carbocycles. The van der Waals surface area contributed by atoms with Crippen molar-refractivity contribution in [3.8, 4) is 11.4 Å². The monoisotopic (exact) mass is 554 g/mol. The Hall–Kier alpha value is -3.40. The van der Waals surface area contributed by atoms with E-state index in [2.05, 4.69) is 24.9 Å². The number of aromatic nitrogens is 4. The fraction of sp³-hybridized carbons (Fsp3) is 0.105. The van der Waals surface area contributed by atoms with E-state index in [0.717, 1.165) is 10.6 Å². The minimum atomic E-state index is -4.67. The molecule has 2 aromatic heterocycles. The van der Waals surface area contributed by atoms with E-state index in [9.17, 15) is 21.7 Å². The van der Waals surface area contributed by atoms with Gasteiger partial charge in [-0.2, -0.15) is 10.1 Å². The van der Waals surface area contributed by atoms with Gasteiger partial charge in [0, 0.05) is 18.1 Å². The van der Waals surface area contributed by atoms with E-state index in [1.807, 2.05) is 0 Å². The molecular formula is C19H19N6O8PS2. The van der Waals surface area contributed by atoms with Gasteiger partial charge in [0.05, 0.1) is 23.0 Å². The van der Waals surface area contributed by atoms with Crippen molar-refractivity contribution in [2.75, 3.05) is 21.8 Å². The van der Waals surface area contributed by atoms with Crippen molar-refractivity contribution in [2.45, 2.75) is 0 Å². The molecule has 0 saturated heterocycles. The first-order valence-electron chi connectivity index (χ1n) is 9.88. The highest BCUT2D eigenvalue weighted by Gasteiger charge is 2.18. The lowest BCUT2D eigenvalue weighted by atomic mass is 10.3. The van der Waals surface area contributed by atoms with Crippen molar-refractivity contribution in [3.05, 3.63) is 60.9 Å². The predicted octanol–water partition coefficient (Wildman–Crippen LogP) is 1.98. The van der Waals surface area contributed by atoms with Gasteiger partial charge in [0.25, 0.3) is 11.3 Å². The van der Waals surface area contributed by atoms with Crippen LogP contribution in [0.3, 0.4) is 0 Å². The second kappa shape index (κ2) is 9.93. The maximum Gasteiger partial charge on any atom is 0.524 e. The Kier molecular flexibility index (Phi) is 7.08. The van der Waals surface area contributed by atoms with E-state index in [0.29, 0.717) is 22.4 Å². The molecule has 0 radical (unpaired) electrons. The molecule has 2 heterocycles. The number of fused-ring (bicyclic) bond motifs is 1. The van der Waals surface area contributed by atoms with Crippen molar-refractivity contribution in [1.82, 2.24) is 19.7 Å². The largest absolute Gasteiger partial charge is 0.524 e. The topological polar surface area (TPSA) is 197 Å². The fourth-order valence-corrected chi connectivity index (χ4v) is 5.32. The van der Waals surface area contributed by atoms with E-state index >= 15 is 0 Å². The van der Waals surface area contributed by atoms with Gasteiger partial charge in [0.1, 0.15) is 11.6 Å². The highest BCUT2D eigenvalue weighted by atomic mass is 32.2. The number of sulfone groups is 1. The van der Waals surface area contributed by atoms with Crippen LogP contribution in [0, 0.1) is 0 Å². The van der Waals surface area contributed by atoms with Crippen LogP contribution in [0.2, 0.25) is 0 Å². The van der Waals surface area contributed by atoms with E-state index in [1.54, 1.807) is 36.7 Å². The van der Waals surface area contributed by atoms with Gasteiger partial charge >= 0.3 is 7.82 Å². The Bertz CT molecular complexity index is 1570. The highest BCUT2D eigenvalue weighted by Crippen LogP contribution is 2.37. The summed E-state index contributed by atoms with van der Waals surface area (Å²) in [4.78, 5) is 26.6. The molecule has 0 fully saturated rings. The predicted molar refractivity (Wildman–Crippen MR) is 132 cm³/mol. The van der Waals surface area contributed by atoms with Gasteiger partial charge in [0.15, 0.2) is 15.5 Å². The zero-order valence-electron chi connectivity index (χ0n) is 18.4. The van der Waals surface area contributed by atoms with Crippen LogP contribution in [0.5, 0.6) is 5.75 Å². The first-order chi connectivity index (χ1) is 16.9. The first-order valence-corrected chi connectivity index (χ1v) is 14.5. The molecule has 0 aliphatic heterocycles. The fourth-order valence-electron chi connectivity index (χ4n) is 3.12. The first kappa shape index (κ1) is 25.7. The average molecular weight is 555 g/mol. The SMILES string of the molecule is CS(=O)(=O)CN(c1ccc(Nc2ncc3cnn(-c4ccc(OP(=O)(O)O)cc4)c3n2)cc1)S(=O)O. The van der Waals surface area contributed by atoms with E-state index in [-0.39, 0.29) is 17.4 Å². The number of hydrogen-bond donors (Lipinski definition) is 4. The number of nitrogens with one attached hydrogen (secondary N) is 1. The second-order valence-electron chi connectivity index (χ2n) is 7.44. The smallest absolute Gasteiger partial charge is 0.404 e. The summed E-state index contributed by atoms with van der Waals surface area (Å²) < 4.78 is 62.0. The zero-order chi connectivity index (χ0) is 26.1. The minimum Gasteiger partial charge on any atom is -0.404 e. The van der Waals surface area contributed by atoms with Crippen molar-refractivity contribution in [3.63, 3.8) is 0 Å². The molecule has 14 nitrogen and oxygen atoms in total.